The van der Waals surface area contributed by atoms with E-state index in [0.717, 1.165) is 6.33 Å². The molecule has 3 aromatic heterocycles. The average Bonchev–Trinajstić information content (AvgIpc) is 2.73. The normalized spacial score (nSPS) is 11.0. The van der Waals surface area contributed by atoms with Crippen molar-refractivity contribution in [1.29, 1.82) is 0 Å². The van der Waals surface area contributed by atoms with Crippen molar-refractivity contribution in [3.8, 4) is 0 Å². The minimum absolute atomic E-state index is 0.221. The maximum Gasteiger partial charge on any atom is 0.417 e. The van der Waals surface area contributed by atoms with Crippen molar-refractivity contribution in [2.24, 2.45) is 0 Å². The highest BCUT2D eigenvalue weighted by molar-refractivity contribution is 6.33. The molecule has 0 saturated carbocycles. The lowest BCUT2D eigenvalue weighted by atomic mass is 10.2. The Bertz CT molecular complexity index is 1130. The molecule has 3 N–H and O–H groups in total. The van der Waals surface area contributed by atoms with E-state index in [1.807, 2.05) is 0 Å². The van der Waals surface area contributed by atoms with Crippen LogP contribution in [0.25, 0.3) is 0 Å². The first kappa shape index (κ1) is 21.6. The van der Waals surface area contributed by atoms with Crippen molar-refractivity contribution >= 4 is 40.6 Å². The van der Waals surface area contributed by atoms with Gasteiger partial charge in [0, 0.05) is 24.2 Å². The maximum absolute atomic E-state index is 12.7. The smallest absolute Gasteiger partial charge is 0.318 e. The van der Waals surface area contributed by atoms with E-state index < -0.39 is 44.9 Å². The second-order valence-electron chi connectivity index (χ2n) is 5.67. The molecule has 15 heteroatoms. The molecule has 31 heavy (non-hydrogen) atoms. The van der Waals surface area contributed by atoms with Crippen molar-refractivity contribution in [2.75, 3.05) is 10.7 Å². The number of aromatic nitrogens is 4. The Morgan fingerprint density at radius 3 is 2.39 bits per heavy atom. The minimum Gasteiger partial charge on any atom is -0.318 e. The van der Waals surface area contributed by atoms with Gasteiger partial charge in [0.1, 0.15) is 6.33 Å². The predicted octanol–water partition coefficient (Wildman–Crippen LogP) is 3.35. The Morgan fingerprint density at radius 1 is 1.10 bits per heavy atom. The van der Waals surface area contributed by atoms with E-state index in [0.29, 0.717) is 12.3 Å². The lowest BCUT2D eigenvalue weighted by Crippen LogP contribution is -2.30. The van der Waals surface area contributed by atoms with Crippen LogP contribution < -0.4 is 16.2 Å². The highest BCUT2D eigenvalue weighted by atomic mass is 35.5. The van der Waals surface area contributed by atoms with Crippen molar-refractivity contribution in [3.63, 3.8) is 0 Å². The molecule has 0 atom stereocenters. The van der Waals surface area contributed by atoms with E-state index >= 15 is 0 Å². The molecule has 0 aliphatic rings. The molecule has 0 aliphatic carbocycles. The highest BCUT2D eigenvalue weighted by Crippen LogP contribution is 2.35. The Balaban J connectivity index is 1.85. The van der Waals surface area contributed by atoms with E-state index in [2.05, 4.69) is 36.1 Å². The molecule has 3 rings (SSSR count). The Kier molecular flexibility index (Phi) is 6.10. The number of hydrogen-bond acceptors (Lipinski definition) is 9. The number of hydrazine groups is 1. The molecular weight excluding hydrogens is 445 g/mol. The number of carbonyl (C=O) groups excluding carboxylic acids is 1. The largest absolute Gasteiger partial charge is 0.417 e. The molecule has 3 aromatic rings. The van der Waals surface area contributed by atoms with Gasteiger partial charge in [0.05, 0.1) is 15.5 Å². The van der Waals surface area contributed by atoms with E-state index in [1.54, 1.807) is 0 Å². The number of anilines is 3. The lowest BCUT2D eigenvalue weighted by Gasteiger charge is -2.12. The summed E-state index contributed by atoms with van der Waals surface area (Å²) in [6.07, 6.45) is -0.473. The van der Waals surface area contributed by atoms with Gasteiger partial charge in [-0.3, -0.25) is 30.7 Å². The van der Waals surface area contributed by atoms with Crippen molar-refractivity contribution in [2.45, 2.75) is 6.18 Å². The number of carbonyl (C=O) groups is 1. The van der Waals surface area contributed by atoms with E-state index in [-0.39, 0.29) is 11.4 Å². The number of alkyl halides is 3. The van der Waals surface area contributed by atoms with Gasteiger partial charge in [-0.05, 0) is 18.2 Å². The average molecular weight is 455 g/mol. The number of rotatable bonds is 6. The molecule has 0 unspecified atom stereocenters. The van der Waals surface area contributed by atoms with Gasteiger partial charge in [-0.15, -0.1) is 0 Å². The van der Waals surface area contributed by atoms with Crippen molar-refractivity contribution < 1.29 is 22.9 Å². The van der Waals surface area contributed by atoms with Crippen LogP contribution in [-0.4, -0.2) is 30.8 Å². The Hall–Kier alpha value is -4.07. The molecule has 0 fully saturated rings. The summed E-state index contributed by atoms with van der Waals surface area (Å²) in [5, 5.41) is 13.5. The molecule has 0 radical (unpaired) electrons. The summed E-state index contributed by atoms with van der Waals surface area (Å²) in [4.78, 5) is 37.5. The fourth-order valence-electron chi connectivity index (χ4n) is 2.22. The standard InChI is InChI=1S/C16H10ClF3N8O3/c17-10-5-9(16(18,19)20)6-22-12(10)25-13-11(28(30)31)14(24-7-23-13)26-27-15(29)8-1-3-21-4-2-8/h1-7H,(H,27,29)(H2,22,23,24,25,26). The Morgan fingerprint density at radius 2 is 1.77 bits per heavy atom. The van der Waals surface area contributed by atoms with Gasteiger partial charge < -0.3 is 5.32 Å². The second-order valence-corrected chi connectivity index (χ2v) is 6.08. The fraction of sp³-hybridized carbons (Fsp3) is 0.0625. The summed E-state index contributed by atoms with van der Waals surface area (Å²) in [6.45, 7) is 0. The zero-order valence-electron chi connectivity index (χ0n) is 15.0. The summed E-state index contributed by atoms with van der Waals surface area (Å²) in [5.74, 6) is -1.75. The van der Waals surface area contributed by atoms with E-state index in [1.165, 1.54) is 24.5 Å². The van der Waals surface area contributed by atoms with Gasteiger partial charge in [0.2, 0.25) is 11.6 Å². The van der Waals surface area contributed by atoms with Gasteiger partial charge >= 0.3 is 11.9 Å². The Labute approximate surface area is 175 Å². The number of nitrogens with one attached hydrogen (secondary N) is 3. The number of nitro groups is 1. The molecule has 0 aliphatic heterocycles. The molecule has 3 heterocycles. The van der Waals surface area contributed by atoms with Gasteiger partial charge in [-0.25, -0.2) is 15.0 Å². The molecule has 1 amide bonds. The van der Waals surface area contributed by atoms with Gasteiger partial charge in [-0.2, -0.15) is 13.2 Å². The molecule has 0 saturated heterocycles. The molecule has 0 aromatic carbocycles. The number of halogens is 4. The second kappa shape index (κ2) is 8.74. The van der Waals surface area contributed by atoms with E-state index in [9.17, 15) is 28.1 Å². The van der Waals surface area contributed by atoms with Crippen LogP contribution in [0.3, 0.4) is 0 Å². The zero-order chi connectivity index (χ0) is 22.6. The SMILES string of the molecule is O=C(NNc1ncnc(Nc2ncc(C(F)(F)F)cc2Cl)c1[N+](=O)[O-])c1ccncc1. The first-order valence-corrected chi connectivity index (χ1v) is 8.50. The summed E-state index contributed by atoms with van der Waals surface area (Å²) < 4.78 is 38.2. The predicted molar refractivity (Wildman–Crippen MR) is 102 cm³/mol. The topological polar surface area (TPSA) is 148 Å². The van der Waals surface area contributed by atoms with Gasteiger partial charge in [0.25, 0.3) is 5.91 Å². The third kappa shape index (κ3) is 5.11. The van der Waals surface area contributed by atoms with Gasteiger partial charge in [0.15, 0.2) is 5.82 Å². The lowest BCUT2D eigenvalue weighted by molar-refractivity contribution is -0.383. The zero-order valence-corrected chi connectivity index (χ0v) is 15.8. The van der Waals surface area contributed by atoms with Crippen LogP contribution >= 0.6 is 11.6 Å². The summed E-state index contributed by atoms with van der Waals surface area (Å²) in [7, 11) is 0. The van der Waals surface area contributed by atoms with Crippen LogP contribution in [0.4, 0.5) is 36.3 Å². The maximum atomic E-state index is 12.7. The molecular formula is C16H10ClF3N8O3. The van der Waals surface area contributed by atoms with Crippen LogP contribution in [0, 0.1) is 10.1 Å². The van der Waals surface area contributed by atoms with Crippen molar-refractivity contribution in [1.82, 2.24) is 25.4 Å². The van der Waals surface area contributed by atoms with Crippen LogP contribution in [0.2, 0.25) is 5.02 Å². The first-order valence-electron chi connectivity index (χ1n) is 8.12. The third-order valence-electron chi connectivity index (χ3n) is 3.65. The van der Waals surface area contributed by atoms with Crippen LogP contribution in [0.1, 0.15) is 15.9 Å². The molecule has 11 nitrogen and oxygen atoms in total. The third-order valence-corrected chi connectivity index (χ3v) is 3.94. The van der Waals surface area contributed by atoms with E-state index in [4.69, 9.17) is 11.6 Å². The highest BCUT2D eigenvalue weighted by Gasteiger charge is 2.32. The van der Waals surface area contributed by atoms with Crippen LogP contribution in [0.5, 0.6) is 0 Å². The monoisotopic (exact) mass is 454 g/mol. The molecule has 0 spiro atoms. The quantitative estimate of drug-likeness (QED) is 0.376. The summed E-state index contributed by atoms with van der Waals surface area (Å²) in [5.41, 5.74) is 2.95. The number of nitrogens with zero attached hydrogens (tertiary/aromatic N) is 5. The first-order chi connectivity index (χ1) is 14.7. The van der Waals surface area contributed by atoms with Crippen LogP contribution in [-0.2, 0) is 6.18 Å². The fourth-order valence-corrected chi connectivity index (χ4v) is 2.44. The molecule has 0 bridgehead atoms. The number of amides is 1. The molecule has 160 valence electrons. The summed E-state index contributed by atoms with van der Waals surface area (Å²) in [6, 6.07) is 3.44. The minimum atomic E-state index is -4.67. The van der Waals surface area contributed by atoms with Crippen molar-refractivity contribution in [3.05, 3.63) is 69.4 Å². The number of pyridine rings is 2. The number of hydrogen-bond donors (Lipinski definition) is 3. The summed E-state index contributed by atoms with van der Waals surface area (Å²) >= 11 is 5.81. The van der Waals surface area contributed by atoms with Gasteiger partial charge in [-0.1, -0.05) is 11.6 Å². The van der Waals surface area contributed by atoms with Crippen LogP contribution in [0.15, 0.2) is 43.1 Å².